The molecule has 9 heteroatoms. The molecule has 0 bridgehead atoms. The highest BCUT2D eigenvalue weighted by molar-refractivity contribution is 5.61. The van der Waals surface area contributed by atoms with Gasteiger partial charge in [0.2, 0.25) is 6.79 Å². The number of nitrogens with one attached hydrogen (secondary N) is 1. The molecule has 2 fully saturated rings. The molecular weight excluding hydrogens is 386 g/mol. The van der Waals surface area contributed by atoms with Gasteiger partial charge in [0.15, 0.2) is 17.3 Å². The van der Waals surface area contributed by atoms with Gasteiger partial charge in [-0.15, -0.1) is 5.10 Å². The summed E-state index contributed by atoms with van der Waals surface area (Å²) in [4.78, 5) is 0. The van der Waals surface area contributed by atoms with Crippen molar-refractivity contribution in [3.8, 4) is 22.9 Å². The average molecular weight is 407 g/mol. The van der Waals surface area contributed by atoms with Crippen LogP contribution in [0.25, 0.3) is 11.4 Å². The largest absolute Gasteiger partial charge is 0.454 e. The molecule has 3 aliphatic rings. The minimum absolute atomic E-state index is 0.0347. The summed E-state index contributed by atoms with van der Waals surface area (Å²) in [5.74, 6) is 2.09. The van der Waals surface area contributed by atoms with E-state index in [4.69, 9.17) is 18.9 Å². The summed E-state index contributed by atoms with van der Waals surface area (Å²) in [5, 5.41) is 16.0. The number of tetrazole rings is 1. The Labute approximate surface area is 172 Å². The van der Waals surface area contributed by atoms with E-state index in [1.165, 1.54) is 5.56 Å². The van der Waals surface area contributed by atoms with Gasteiger partial charge >= 0.3 is 0 Å². The number of hydrogen-bond donors (Lipinski definition) is 1. The van der Waals surface area contributed by atoms with Crippen molar-refractivity contribution in [3.63, 3.8) is 0 Å². The Hall–Kier alpha value is -3.01. The fourth-order valence-electron chi connectivity index (χ4n) is 4.35. The van der Waals surface area contributed by atoms with Gasteiger partial charge in [0.05, 0.1) is 19.3 Å². The molecule has 1 aromatic heterocycles. The Bertz CT molecular complexity index is 1040. The number of fused-ring (bicyclic) bond motifs is 2. The predicted molar refractivity (Wildman–Crippen MR) is 105 cm³/mol. The molecule has 3 aliphatic heterocycles. The van der Waals surface area contributed by atoms with Crippen molar-refractivity contribution in [1.82, 2.24) is 25.5 Å². The third-order valence-electron chi connectivity index (χ3n) is 5.88. The van der Waals surface area contributed by atoms with Crippen LogP contribution in [0.5, 0.6) is 11.5 Å². The Balaban J connectivity index is 1.19. The summed E-state index contributed by atoms with van der Waals surface area (Å²) < 4.78 is 25.0. The van der Waals surface area contributed by atoms with Gasteiger partial charge in [-0.1, -0.05) is 30.3 Å². The fraction of sp³-hybridized carbons (Fsp3) is 0.381. The second-order valence-electron chi connectivity index (χ2n) is 7.65. The summed E-state index contributed by atoms with van der Waals surface area (Å²) in [6, 6.07) is 16.1. The van der Waals surface area contributed by atoms with Crippen LogP contribution >= 0.6 is 0 Å². The Morgan fingerprint density at radius 1 is 0.967 bits per heavy atom. The number of ether oxygens (including phenoxy) is 4. The maximum absolute atomic E-state index is 6.13. The maximum Gasteiger partial charge on any atom is 0.231 e. The molecule has 3 aromatic rings. The Morgan fingerprint density at radius 2 is 1.83 bits per heavy atom. The number of hydrogen-bond acceptors (Lipinski definition) is 8. The summed E-state index contributed by atoms with van der Waals surface area (Å²) >= 11 is 0. The molecule has 0 unspecified atom stereocenters. The van der Waals surface area contributed by atoms with Crippen molar-refractivity contribution >= 4 is 0 Å². The van der Waals surface area contributed by atoms with Gasteiger partial charge in [-0.3, -0.25) is 0 Å². The molecule has 6 rings (SSSR count). The SMILES string of the molecule is c1ccc(CN[C@H]2CO[C@H]3[C@@H]2OC[C@@H]3n2nnnc2-c2ccc3c(c2)OCO3)cc1. The Morgan fingerprint density at radius 3 is 2.77 bits per heavy atom. The zero-order chi connectivity index (χ0) is 19.9. The smallest absolute Gasteiger partial charge is 0.231 e. The van der Waals surface area contributed by atoms with Crippen LogP contribution in [0.1, 0.15) is 11.6 Å². The van der Waals surface area contributed by atoms with Crippen LogP contribution < -0.4 is 14.8 Å². The lowest BCUT2D eigenvalue weighted by Crippen LogP contribution is -2.40. The first-order chi connectivity index (χ1) is 14.9. The van der Waals surface area contributed by atoms with Gasteiger partial charge in [0.1, 0.15) is 18.2 Å². The van der Waals surface area contributed by atoms with Crippen LogP contribution in [0.3, 0.4) is 0 Å². The lowest BCUT2D eigenvalue weighted by molar-refractivity contribution is 0.0621. The highest BCUT2D eigenvalue weighted by Crippen LogP contribution is 2.38. The van der Waals surface area contributed by atoms with Gasteiger partial charge in [-0.2, -0.15) is 0 Å². The molecule has 0 spiro atoms. The molecule has 2 saturated heterocycles. The van der Waals surface area contributed by atoms with E-state index in [0.717, 1.165) is 17.9 Å². The van der Waals surface area contributed by atoms with Crippen molar-refractivity contribution in [3.05, 3.63) is 54.1 Å². The number of aromatic nitrogens is 4. The van der Waals surface area contributed by atoms with Gasteiger partial charge < -0.3 is 24.3 Å². The van der Waals surface area contributed by atoms with Crippen LogP contribution in [0.15, 0.2) is 48.5 Å². The van der Waals surface area contributed by atoms with Crippen molar-refractivity contribution in [1.29, 1.82) is 0 Å². The van der Waals surface area contributed by atoms with Gasteiger partial charge in [-0.05, 0) is 34.2 Å². The molecule has 0 aliphatic carbocycles. The lowest BCUT2D eigenvalue weighted by Gasteiger charge is -2.18. The van der Waals surface area contributed by atoms with E-state index in [1.807, 2.05) is 41.1 Å². The third kappa shape index (κ3) is 3.02. The zero-order valence-corrected chi connectivity index (χ0v) is 16.2. The maximum atomic E-state index is 6.13. The first kappa shape index (κ1) is 17.8. The molecule has 0 radical (unpaired) electrons. The molecule has 4 heterocycles. The quantitative estimate of drug-likeness (QED) is 0.681. The van der Waals surface area contributed by atoms with Gasteiger partial charge in [0.25, 0.3) is 0 Å². The normalized spacial score (nSPS) is 26.8. The second-order valence-corrected chi connectivity index (χ2v) is 7.65. The van der Waals surface area contributed by atoms with Crippen LogP contribution in [0.2, 0.25) is 0 Å². The van der Waals surface area contributed by atoms with E-state index in [1.54, 1.807) is 0 Å². The molecule has 1 N–H and O–H groups in total. The summed E-state index contributed by atoms with van der Waals surface area (Å²) in [6.07, 6.45) is -0.137. The monoisotopic (exact) mass is 407 g/mol. The molecule has 2 aromatic carbocycles. The van der Waals surface area contributed by atoms with E-state index in [0.29, 0.717) is 24.8 Å². The average Bonchev–Trinajstić information content (AvgIpc) is 3.56. The topological polar surface area (TPSA) is 92.6 Å². The van der Waals surface area contributed by atoms with Crippen molar-refractivity contribution in [2.45, 2.75) is 30.8 Å². The van der Waals surface area contributed by atoms with Crippen LogP contribution in [0.4, 0.5) is 0 Å². The van der Waals surface area contributed by atoms with Gasteiger partial charge in [0, 0.05) is 12.1 Å². The molecule has 154 valence electrons. The zero-order valence-electron chi connectivity index (χ0n) is 16.2. The summed E-state index contributed by atoms with van der Waals surface area (Å²) in [6.45, 7) is 2.11. The summed E-state index contributed by atoms with van der Waals surface area (Å²) in [5.41, 5.74) is 2.10. The number of benzene rings is 2. The summed E-state index contributed by atoms with van der Waals surface area (Å²) in [7, 11) is 0. The molecule has 0 saturated carbocycles. The lowest BCUT2D eigenvalue weighted by atomic mass is 10.1. The standard InChI is InChI=1S/C21H21N5O4/c1-2-4-13(5-3-1)9-22-15-10-27-20-16(11-28-19(15)20)26-21(23-24-25-26)14-6-7-17-18(8-14)30-12-29-17/h1-8,15-16,19-20,22H,9-12H2/t15-,16-,19+,20+/m0/s1. The molecule has 30 heavy (non-hydrogen) atoms. The molecule has 9 nitrogen and oxygen atoms in total. The number of nitrogens with zero attached hydrogens (tertiary/aromatic N) is 4. The third-order valence-corrected chi connectivity index (χ3v) is 5.88. The van der Waals surface area contributed by atoms with Crippen LogP contribution in [0, 0.1) is 0 Å². The predicted octanol–water partition coefficient (Wildman–Crippen LogP) is 1.57. The van der Waals surface area contributed by atoms with E-state index >= 15 is 0 Å². The van der Waals surface area contributed by atoms with E-state index in [9.17, 15) is 0 Å². The van der Waals surface area contributed by atoms with Crippen molar-refractivity contribution < 1.29 is 18.9 Å². The van der Waals surface area contributed by atoms with Crippen LogP contribution in [-0.2, 0) is 16.0 Å². The van der Waals surface area contributed by atoms with Crippen molar-refractivity contribution in [2.75, 3.05) is 20.0 Å². The highest BCUT2D eigenvalue weighted by atomic mass is 16.7. The van der Waals surface area contributed by atoms with Crippen molar-refractivity contribution in [2.24, 2.45) is 0 Å². The first-order valence-electron chi connectivity index (χ1n) is 10.1. The highest BCUT2D eigenvalue weighted by Gasteiger charge is 2.49. The number of rotatable bonds is 5. The molecular formula is C21H21N5O4. The molecule has 4 atom stereocenters. The Kier molecular flexibility index (Phi) is 4.37. The van der Waals surface area contributed by atoms with E-state index in [2.05, 4.69) is 33.0 Å². The van der Waals surface area contributed by atoms with E-state index in [-0.39, 0.29) is 31.1 Å². The first-order valence-corrected chi connectivity index (χ1v) is 10.1. The van der Waals surface area contributed by atoms with E-state index < -0.39 is 0 Å². The molecule has 0 amide bonds. The van der Waals surface area contributed by atoms with Crippen LogP contribution in [-0.4, -0.2) is 58.5 Å². The fourth-order valence-corrected chi connectivity index (χ4v) is 4.35. The van der Waals surface area contributed by atoms with Gasteiger partial charge in [-0.25, -0.2) is 4.68 Å². The second kappa shape index (κ2) is 7.35. The minimum atomic E-state index is -0.102. The minimum Gasteiger partial charge on any atom is -0.454 e.